The van der Waals surface area contributed by atoms with Crippen LogP contribution in [0.2, 0.25) is 0 Å². The molecule has 0 saturated heterocycles. The number of esters is 1. The highest BCUT2D eigenvalue weighted by Gasteiger charge is 2.13. The summed E-state index contributed by atoms with van der Waals surface area (Å²) in [5.74, 6) is -0.459. The highest BCUT2D eigenvalue weighted by Crippen LogP contribution is 2.01. The molecule has 0 N–H and O–H groups in total. The molecule has 0 spiro atoms. The van der Waals surface area contributed by atoms with Gasteiger partial charge in [0.2, 0.25) is 0 Å². The number of hydrogen-bond donors (Lipinski definition) is 0. The number of carbonyl (C=O) groups is 1. The van der Waals surface area contributed by atoms with Crippen molar-refractivity contribution in [2.45, 2.75) is 40.3 Å². The molecule has 0 fully saturated rings. The van der Waals surface area contributed by atoms with Gasteiger partial charge in [-0.05, 0) is 27.7 Å². The highest BCUT2D eigenvalue weighted by atomic mass is 16.7. The van der Waals surface area contributed by atoms with E-state index in [1.165, 1.54) is 0 Å². The van der Waals surface area contributed by atoms with Crippen LogP contribution in [0.3, 0.4) is 0 Å². The minimum atomic E-state index is -0.603. The SMILES string of the molecule is C=C(C)C(=O)OCC(OCC)OCCOC(C)OCC. The lowest BCUT2D eigenvalue weighted by Crippen LogP contribution is -2.27. The van der Waals surface area contributed by atoms with E-state index in [9.17, 15) is 4.79 Å². The van der Waals surface area contributed by atoms with Crippen molar-refractivity contribution in [1.82, 2.24) is 0 Å². The third-order valence-corrected chi connectivity index (χ3v) is 2.19. The Kier molecular flexibility index (Phi) is 11.3. The van der Waals surface area contributed by atoms with Gasteiger partial charge in [0.1, 0.15) is 6.61 Å². The molecule has 20 heavy (non-hydrogen) atoms. The number of carbonyl (C=O) groups excluding carboxylic acids is 1. The Morgan fingerprint density at radius 3 is 2.20 bits per heavy atom. The average molecular weight is 290 g/mol. The Morgan fingerprint density at radius 1 is 1.05 bits per heavy atom. The summed E-state index contributed by atoms with van der Waals surface area (Å²) >= 11 is 0. The number of rotatable bonds is 12. The molecule has 0 aromatic carbocycles. The van der Waals surface area contributed by atoms with Crippen LogP contribution in [0.4, 0.5) is 0 Å². The average Bonchev–Trinajstić information content (AvgIpc) is 2.40. The van der Waals surface area contributed by atoms with E-state index >= 15 is 0 Å². The second kappa shape index (κ2) is 11.8. The molecule has 0 saturated carbocycles. The van der Waals surface area contributed by atoms with Crippen molar-refractivity contribution < 1.29 is 28.5 Å². The van der Waals surface area contributed by atoms with Crippen LogP contribution in [0.5, 0.6) is 0 Å². The number of ether oxygens (including phenoxy) is 5. The summed E-state index contributed by atoms with van der Waals surface area (Å²) in [5.41, 5.74) is 0.342. The van der Waals surface area contributed by atoms with Gasteiger partial charge in [-0.1, -0.05) is 6.58 Å². The van der Waals surface area contributed by atoms with E-state index in [1.807, 2.05) is 20.8 Å². The molecule has 0 rings (SSSR count). The molecule has 2 unspecified atom stereocenters. The molecular weight excluding hydrogens is 264 g/mol. The fourth-order valence-electron chi connectivity index (χ4n) is 1.27. The summed E-state index contributed by atoms with van der Waals surface area (Å²) in [7, 11) is 0. The first-order valence-electron chi connectivity index (χ1n) is 6.80. The van der Waals surface area contributed by atoms with Gasteiger partial charge in [-0.15, -0.1) is 0 Å². The highest BCUT2D eigenvalue weighted by molar-refractivity contribution is 5.86. The predicted molar refractivity (Wildman–Crippen MR) is 74.2 cm³/mol. The molecule has 0 aromatic heterocycles. The molecule has 6 heteroatoms. The van der Waals surface area contributed by atoms with Crippen LogP contribution in [-0.4, -0.2) is 51.6 Å². The van der Waals surface area contributed by atoms with Crippen molar-refractivity contribution in [3.8, 4) is 0 Å². The standard InChI is InChI=1S/C14H26O6/c1-6-16-12(5)18-8-9-19-13(17-7-2)10-20-14(15)11(3)4/h12-13H,3,6-10H2,1-2,4-5H3. The van der Waals surface area contributed by atoms with Gasteiger partial charge < -0.3 is 23.7 Å². The van der Waals surface area contributed by atoms with Crippen LogP contribution in [0.25, 0.3) is 0 Å². The molecule has 0 aliphatic rings. The van der Waals surface area contributed by atoms with Gasteiger partial charge in [0.05, 0.1) is 13.2 Å². The molecule has 0 aliphatic carbocycles. The Labute approximate surface area is 121 Å². The van der Waals surface area contributed by atoms with Gasteiger partial charge in [0, 0.05) is 18.8 Å². The first kappa shape index (κ1) is 19.1. The predicted octanol–water partition coefficient (Wildman–Crippen LogP) is 1.88. The second-order valence-electron chi connectivity index (χ2n) is 4.03. The summed E-state index contributed by atoms with van der Waals surface area (Å²) in [6.45, 7) is 12.4. The minimum absolute atomic E-state index is 0.0283. The summed E-state index contributed by atoms with van der Waals surface area (Å²) in [4.78, 5) is 11.3. The van der Waals surface area contributed by atoms with Crippen molar-refractivity contribution in [1.29, 1.82) is 0 Å². The van der Waals surface area contributed by atoms with Gasteiger partial charge in [0.25, 0.3) is 0 Å². The zero-order chi connectivity index (χ0) is 15.4. The topological polar surface area (TPSA) is 63.2 Å². The van der Waals surface area contributed by atoms with Crippen LogP contribution in [0.15, 0.2) is 12.2 Å². The Morgan fingerprint density at radius 2 is 1.65 bits per heavy atom. The van der Waals surface area contributed by atoms with Gasteiger partial charge in [-0.2, -0.15) is 0 Å². The van der Waals surface area contributed by atoms with Crippen molar-refractivity contribution >= 4 is 5.97 Å². The molecule has 0 amide bonds. The van der Waals surface area contributed by atoms with E-state index in [2.05, 4.69) is 6.58 Å². The molecule has 118 valence electrons. The molecule has 0 aliphatic heterocycles. The molecule has 0 bridgehead atoms. The fourth-order valence-corrected chi connectivity index (χ4v) is 1.27. The van der Waals surface area contributed by atoms with Gasteiger partial charge >= 0.3 is 5.97 Å². The smallest absolute Gasteiger partial charge is 0.333 e. The maximum Gasteiger partial charge on any atom is 0.333 e. The molecule has 6 nitrogen and oxygen atoms in total. The van der Waals surface area contributed by atoms with E-state index in [-0.39, 0.29) is 12.9 Å². The second-order valence-corrected chi connectivity index (χ2v) is 4.03. The van der Waals surface area contributed by atoms with Crippen LogP contribution >= 0.6 is 0 Å². The molecule has 0 heterocycles. The van der Waals surface area contributed by atoms with E-state index < -0.39 is 12.3 Å². The molecule has 0 aromatic rings. The van der Waals surface area contributed by atoms with E-state index in [0.717, 1.165) is 0 Å². The zero-order valence-electron chi connectivity index (χ0n) is 12.8. The lowest BCUT2D eigenvalue weighted by atomic mass is 10.4. The molecule has 0 radical (unpaired) electrons. The molecular formula is C14H26O6. The van der Waals surface area contributed by atoms with Gasteiger partial charge in [-0.25, -0.2) is 4.79 Å². The third kappa shape index (κ3) is 9.91. The summed E-state index contributed by atoms with van der Waals surface area (Å²) in [6.07, 6.45) is -0.871. The van der Waals surface area contributed by atoms with Crippen molar-refractivity contribution in [2.75, 3.05) is 33.0 Å². The van der Waals surface area contributed by atoms with E-state index in [0.29, 0.717) is 32.0 Å². The Hall–Kier alpha value is -0.950. The summed E-state index contributed by atoms with van der Waals surface area (Å²) in [6, 6.07) is 0. The maximum absolute atomic E-state index is 11.3. The molecule has 2 atom stereocenters. The Balaban J connectivity index is 3.85. The van der Waals surface area contributed by atoms with Crippen molar-refractivity contribution in [3.63, 3.8) is 0 Å². The minimum Gasteiger partial charge on any atom is -0.457 e. The van der Waals surface area contributed by atoms with Crippen molar-refractivity contribution in [3.05, 3.63) is 12.2 Å². The third-order valence-electron chi connectivity index (χ3n) is 2.19. The van der Waals surface area contributed by atoms with Crippen LogP contribution in [0.1, 0.15) is 27.7 Å². The fraction of sp³-hybridized carbons (Fsp3) is 0.786. The monoisotopic (exact) mass is 290 g/mol. The van der Waals surface area contributed by atoms with Crippen molar-refractivity contribution in [2.24, 2.45) is 0 Å². The summed E-state index contributed by atoms with van der Waals surface area (Å²) < 4.78 is 26.3. The first-order valence-corrected chi connectivity index (χ1v) is 6.80. The van der Waals surface area contributed by atoms with E-state index in [4.69, 9.17) is 23.7 Å². The zero-order valence-corrected chi connectivity index (χ0v) is 12.8. The Bertz CT molecular complexity index is 279. The lowest BCUT2D eigenvalue weighted by Gasteiger charge is -2.18. The number of hydrogen-bond acceptors (Lipinski definition) is 6. The first-order chi connectivity index (χ1) is 9.51. The van der Waals surface area contributed by atoms with Crippen LogP contribution in [-0.2, 0) is 28.5 Å². The van der Waals surface area contributed by atoms with E-state index in [1.54, 1.807) is 6.92 Å². The lowest BCUT2D eigenvalue weighted by molar-refractivity contribution is -0.193. The van der Waals surface area contributed by atoms with Crippen LogP contribution < -0.4 is 0 Å². The largest absolute Gasteiger partial charge is 0.457 e. The van der Waals surface area contributed by atoms with Crippen LogP contribution in [0, 0.1) is 0 Å². The maximum atomic E-state index is 11.3. The van der Waals surface area contributed by atoms with Gasteiger partial charge in [-0.3, -0.25) is 0 Å². The quantitative estimate of drug-likeness (QED) is 0.237. The van der Waals surface area contributed by atoms with Gasteiger partial charge in [0.15, 0.2) is 12.6 Å². The summed E-state index contributed by atoms with van der Waals surface area (Å²) in [5, 5.41) is 0. The normalized spacial score (nSPS) is 13.8.